The number of hydrogen-bond donors (Lipinski definition) is 0. The van der Waals surface area contributed by atoms with Crippen LogP contribution in [0.15, 0.2) is 29.8 Å². The minimum Gasteiger partial charge on any atom is -0.294 e. The molecule has 0 aromatic heterocycles. The Labute approximate surface area is 94.8 Å². The third-order valence-electron chi connectivity index (χ3n) is 2.82. The first-order chi connectivity index (χ1) is 7.16. The lowest BCUT2D eigenvalue weighted by atomic mass is 10.1. The fourth-order valence-corrected chi connectivity index (χ4v) is 1.97. The van der Waals surface area contributed by atoms with E-state index in [1.165, 1.54) is 0 Å². The molecule has 1 atom stereocenters. The van der Waals surface area contributed by atoms with Gasteiger partial charge in [-0.2, -0.15) is 0 Å². The van der Waals surface area contributed by atoms with Gasteiger partial charge >= 0.3 is 0 Å². The lowest BCUT2D eigenvalue weighted by Crippen LogP contribution is -2.02. The summed E-state index contributed by atoms with van der Waals surface area (Å²) in [7, 11) is 0. The van der Waals surface area contributed by atoms with Crippen LogP contribution in [0.25, 0.3) is 6.08 Å². The Hall–Kier alpha value is -1.08. The van der Waals surface area contributed by atoms with Crippen molar-refractivity contribution in [3.05, 3.63) is 40.4 Å². The molecule has 2 heteroatoms. The molecule has 0 heterocycles. The molecule has 2 rings (SSSR count). The first-order valence-electron chi connectivity index (χ1n) is 5.17. The van der Waals surface area contributed by atoms with Gasteiger partial charge in [-0.3, -0.25) is 4.79 Å². The van der Waals surface area contributed by atoms with Gasteiger partial charge in [-0.1, -0.05) is 30.7 Å². The molecule has 1 aromatic rings. The van der Waals surface area contributed by atoms with Crippen molar-refractivity contribution in [2.75, 3.05) is 0 Å². The number of rotatable bonds is 1. The largest absolute Gasteiger partial charge is 0.294 e. The van der Waals surface area contributed by atoms with Gasteiger partial charge in [0.15, 0.2) is 5.78 Å². The molecule has 0 saturated heterocycles. The molecule has 0 N–H and O–H groups in total. The zero-order valence-corrected chi connectivity index (χ0v) is 9.42. The fraction of sp³-hybridized carbons (Fsp3) is 0.308. The van der Waals surface area contributed by atoms with E-state index in [4.69, 9.17) is 11.6 Å². The van der Waals surface area contributed by atoms with E-state index in [1.54, 1.807) is 0 Å². The molecule has 0 spiro atoms. The van der Waals surface area contributed by atoms with E-state index in [0.717, 1.165) is 29.0 Å². The summed E-state index contributed by atoms with van der Waals surface area (Å²) in [5.74, 6) is 0.494. The second kappa shape index (κ2) is 4.19. The minimum absolute atomic E-state index is 0.198. The molecule has 0 amide bonds. The Balaban J connectivity index is 2.24. The summed E-state index contributed by atoms with van der Waals surface area (Å²) in [5.41, 5.74) is 2.00. The van der Waals surface area contributed by atoms with Crippen molar-refractivity contribution in [1.29, 1.82) is 0 Å². The van der Waals surface area contributed by atoms with Crippen LogP contribution < -0.4 is 0 Å². The average molecular weight is 221 g/mol. The minimum atomic E-state index is 0.198. The maximum Gasteiger partial charge on any atom is 0.161 e. The fourth-order valence-electron chi connectivity index (χ4n) is 1.85. The Morgan fingerprint density at radius 1 is 1.33 bits per heavy atom. The normalized spacial score (nSPS) is 23.7. The molecule has 1 fully saturated rings. The number of carbonyl (C=O) groups excluding carboxylic acids is 1. The summed E-state index contributed by atoms with van der Waals surface area (Å²) in [5, 5.41) is 0.725. The SMILES string of the molecule is CC1CCC(=Cc2ccc(Cl)cc2)C1=O. The molecule has 15 heavy (non-hydrogen) atoms. The summed E-state index contributed by atoms with van der Waals surface area (Å²) in [6, 6.07) is 7.56. The van der Waals surface area contributed by atoms with Crippen LogP contribution in [0.3, 0.4) is 0 Å². The maximum atomic E-state index is 11.7. The summed E-state index contributed by atoms with van der Waals surface area (Å²) >= 11 is 5.79. The van der Waals surface area contributed by atoms with Crippen LogP contribution in [-0.2, 0) is 4.79 Å². The molecule has 1 aliphatic rings. The molecular weight excluding hydrogens is 208 g/mol. The van der Waals surface area contributed by atoms with Gasteiger partial charge in [0.1, 0.15) is 0 Å². The van der Waals surface area contributed by atoms with Crippen LogP contribution in [0.5, 0.6) is 0 Å². The summed E-state index contributed by atoms with van der Waals surface area (Å²) < 4.78 is 0. The van der Waals surface area contributed by atoms with E-state index in [0.29, 0.717) is 5.78 Å². The van der Waals surface area contributed by atoms with Gasteiger partial charge in [-0.05, 0) is 42.2 Å². The van der Waals surface area contributed by atoms with Crippen LogP contribution >= 0.6 is 11.6 Å². The van der Waals surface area contributed by atoms with Crippen LogP contribution in [0, 0.1) is 5.92 Å². The highest BCUT2D eigenvalue weighted by molar-refractivity contribution is 6.30. The highest BCUT2D eigenvalue weighted by atomic mass is 35.5. The molecule has 1 nitrogen and oxygen atoms in total. The third-order valence-corrected chi connectivity index (χ3v) is 3.07. The molecule has 1 saturated carbocycles. The Bertz CT molecular complexity index is 403. The zero-order valence-electron chi connectivity index (χ0n) is 8.66. The van der Waals surface area contributed by atoms with Gasteiger partial charge in [0, 0.05) is 10.9 Å². The number of ketones is 1. The van der Waals surface area contributed by atoms with Gasteiger partial charge in [0.05, 0.1) is 0 Å². The molecule has 0 aliphatic heterocycles. The van der Waals surface area contributed by atoms with Crippen LogP contribution in [-0.4, -0.2) is 5.78 Å². The molecular formula is C13H13ClO. The van der Waals surface area contributed by atoms with E-state index in [1.807, 2.05) is 37.3 Å². The Morgan fingerprint density at radius 2 is 2.00 bits per heavy atom. The first-order valence-corrected chi connectivity index (χ1v) is 5.55. The number of hydrogen-bond acceptors (Lipinski definition) is 1. The van der Waals surface area contributed by atoms with E-state index in [-0.39, 0.29) is 5.92 Å². The quantitative estimate of drug-likeness (QED) is 0.660. The number of Topliss-reactive ketones (excluding diaryl/α,β-unsaturated/α-hetero) is 1. The van der Waals surface area contributed by atoms with Crippen molar-refractivity contribution in [2.24, 2.45) is 5.92 Å². The summed E-state index contributed by atoms with van der Waals surface area (Å²) in [4.78, 5) is 11.7. The van der Waals surface area contributed by atoms with E-state index in [2.05, 4.69) is 0 Å². The van der Waals surface area contributed by atoms with Gasteiger partial charge in [0.25, 0.3) is 0 Å². The maximum absolute atomic E-state index is 11.7. The van der Waals surface area contributed by atoms with Crippen LogP contribution in [0.2, 0.25) is 5.02 Å². The molecule has 0 radical (unpaired) electrons. The van der Waals surface area contributed by atoms with Gasteiger partial charge in [-0.25, -0.2) is 0 Å². The van der Waals surface area contributed by atoms with E-state index >= 15 is 0 Å². The topological polar surface area (TPSA) is 17.1 Å². The third kappa shape index (κ3) is 2.29. The standard InChI is InChI=1S/C13H13ClO/c1-9-2-5-11(13(9)15)8-10-3-6-12(14)7-4-10/h3-4,6-9H,2,5H2,1H3. The number of halogens is 1. The molecule has 0 bridgehead atoms. The first kappa shape index (κ1) is 10.4. The zero-order chi connectivity index (χ0) is 10.8. The van der Waals surface area contributed by atoms with Gasteiger partial charge < -0.3 is 0 Å². The van der Waals surface area contributed by atoms with Crippen LogP contribution in [0.4, 0.5) is 0 Å². The highest BCUT2D eigenvalue weighted by Crippen LogP contribution is 2.27. The lowest BCUT2D eigenvalue weighted by molar-refractivity contribution is -0.117. The van der Waals surface area contributed by atoms with Crippen molar-refractivity contribution >= 4 is 23.5 Å². The number of benzene rings is 1. The Kier molecular flexibility index (Phi) is 2.92. The number of allylic oxidation sites excluding steroid dienone is 1. The van der Waals surface area contributed by atoms with Crippen LogP contribution in [0.1, 0.15) is 25.3 Å². The van der Waals surface area contributed by atoms with E-state index < -0.39 is 0 Å². The van der Waals surface area contributed by atoms with Crippen molar-refractivity contribution < 1.29 is 4.79 Å². The van der Waals surface area contributed by atoms with E-state index in [9.17, 15) is 4.79 Å². The van der Waals surface area contributed by atoms with Crippen molar-refractivity contribution in [3.63, 3.8) is 0 Å². The predicted octanol–water partition coefficient (Wildman–Crippen LogP) is 3.72. The smallest absolute Gasteiger partial charge is 0.161 e. The molecule has 1 unspecified atom stereocenters. The number of carbonyl (C=O) groups is 1. The molecule has 78 valence electrons. The Morgan fingerprint density at radius 3 is 2.53 bits per heavy atom. The second-order valence-electron chi connectivity index (χ2n) is 4.03. The van der Waals surface area contributed by atoms with Gasteiger partial charge in [-0.15, -0.1) is 0 Å². The van der Waals surface area contributed by atoms with Crippen molar-refractivity contribution in [1.82, 2.24) is 0 Å². The predicted molar refractivity (Wildman–Crippen MR) is 62.8 cm³/mol. The monoisotopic (exact) mass is 220 g/mol. The lowest BCUT2D eigenvalue weighted by Gasteiger charge is -1.98. The van der Waals surface area contributed by atoms with Crippen molar-refractivity contribution in [3.8, 4) is 0 Å². The average Bonchev–Trinajstić information content (AvgIpc) is 2.53. The summed E-state index contributed by atoms with van der Waals surface area (Å²) in [6.45, 7) is 1.99. The summed E-state index contributed by atoms with van der Waals surface area (Å²) in [6.07, 6.45) is 3.86. The molecule has 1 aliphatic carbocycles. The second-order valence-corrected chi connectivity index (χ2v) is 4.46. The highest BCUT2D eigenvalue weighted by Gasteiger charge is 2.24. The van der Waals surface area contributed by atoms with Crippen molar-refractivity contribution in [2.45, 2.75) is 19.8 Å². The van der Waals surface area contributed by atoms with Gasteiger partial charge in [0.2, 0.25) is 0 Å². The molecule has 1 aromatic carbocycles.